The number of carbonyl (C=O) groups excluding carboxylic acids is 2. The number of hydrogen-bond acceptors (Lipinski definition) is 5. The smallest absolute Gasteiger partial charge is 0.329 e. The van der Waals surface area contributed by atoms with E-state index in [2.05, 4.69) is 0 Å². The van der Waals surface area contributed by atoms with Gasteiger partial charge in [0.15, 0.2) is 0 Å². The number of nitrogens with zero attached hydrogens (tertiary/aromatic N) is 1. The zero-order valence-corrected chi connectivity index (χ0v) is 15.6. The Bertz CT molecular complexity index is 630. The van der Waals surface area contributed by atoms with Gasteiger partial charge in [0, 0.05) is 5.75 Å². The molecule has 1 aromatic carbocycles. The average Bonchev–Trinajstić information content (AvgIpc) is 3.12. The van der Waals surface area contributed by atoms with E-state index in [0.717, 1.165) is 12.8 Å². The third-order valence-electron chi connectivity index (χ3n) is 5.13. The maximum atomic E-state index is 13.3. The highest BCUT2D eigenvalue weighted by Gasteiger charge is 2.46. The summed E-state index contributed by atoms with van der Waals surface area (Å²) in [6.07, 6.45) is 5.87. The predicted molar refractivity (Wildman–Crippen MR) is 97.8 cm³/mol. The number of thioether (sulfide) groups is 1. The highest BCUT2D eigenvalue weighted by molar-refractivity contribution is 8.00. The van der Waals surface area contributed by atoms with Gasteiger partial charge in [-0.1, -0.05) is 31.4 Å². The molecule has 1 aliphatic heterocycles. The van der Waals surface area contributed by atoms with Crippen LogP contribution in [0.2, 0.25) is 0 Å². The Balaban J connectivity index is 1.92. The third kappa shape index (κ3) is 3.64. The van der Waals surface area contributed by atoms with E-state index in [0.29, 0.717) is 23.0 Å². The normalized spacial score (nSPS) is 24.2. The van der Waals surface area contributed by atoms with Gasteiger partial charge < -0.3 is 14.4 Å². The van der Waals surface area contributed by atoms with Crippen molar-refractivity contribution >= 4 is 23.6 Å². The number of ether oxygens (including phenoxy) is 2. The minimum absolute atomic E-state index is 0.0295. The lowest BCUT2D eigenvalue weighted by atomic mass is 9.88. The standard InChI is InChI=1S/C19H25NO4S/c1-23-16-11-7-6-10-14(16)17(21)20-15(19(22)24-2)12-25-18(20)13-8-4-3-5-9-13/h6-7,10-11,13,15,18H,3-5,8-9,12H2,1-2H3. The highest BCUT2D eigenvalue weighted by Crippen LogP contribution is 2.42. The fraction of sp³-hybridized carbons (Fsp3) is 0.579. The van der Waals surface area contributed by atoms with E-state index in [1.807, 2.05) is 12.1 Å². The molecule has 1 aromatic rings. The molecule has 1 aliphatic carbocycles. The van der Waals surface area contributed by atoms with Crippen LogP contribution in [0, 0.1) is 5.92 Å². The first-order chi connectivity index (χ1) is 12.2. The minimum Gasteiger partial charge on any atom is -0.496 e. The molecule has 1 saturated carbocycles. The molecule has 2 unspecified atom stereocenters. The first kappa shape index (κ1) is 18.1. The lowest BCUT2D eigenvalue weighted by molar-refractivity contribution is -0.145. The van der Waals surface area contributed by atoms with Gasteiger partial charge in [0.2, 0.25) is 0 Å². The number of rotatable bonds is 4. The van der Waals surface area contributed by atoms with Crippen molar-refractivity contribution in [3.05, 3.63) is 29.8 Å². The van der Waals surface area contributed by atoms with Crippen molar-refractivity contribution in [3.8, 4) is 5.75 Å². The summed E-state index contributed by atoms with van der Waals surface area (Å²) < 4.78 is 10.3. The fourth-order valence-electron chi connectivity index (χ4n) is 3.85. The number of para-hydroxylation sites is 1. The van der Waals surface area contributed by atoms with E-state index in [1.165, 1.54) is 26.4 Å². The Kier molecular flexibility index (Phi) is 5.89. The molecule has 2 atom stereocenters. The van der Waals surface area contributed by atoms with Crippen LogP contribution in [-0.2, 0) is 9.53 Å². The fourth-order valence-corrected chi connectivity index (χ4v) is 5.47. The second-order valence-electron chi connectivity index (χ2n) is 6.57. The number of carbonyl (C=O) groups is 2. The average molecular weight is 363 g/mol. The quantitative estimate of drug-likeness (QED) is 0.768. The van der Waals surface area contributed by atoms with E-state index in [4.69, 9.17) is 9.47 Å². The van der Waals surface area contributed by atoms with Crippen LogP contribution in [0.1, 0.15) is 42.5 Å². The highest BCUT2D eigenvalue weighted by atomic mass is 32.2. The van der Waals surface area contributed by atoms with Crippen molar-refractivity contribution < 1.29 is 19.1 Å². The topological polar surface area (TPSA) is 55.8 Å². The van der Waals surface area contributed by atoms with Crippen LogP contribution >= 0.6 is 11.8 Å². The van der Waals surface area contributed by atoms with Gasteiger partial charge in [-0.05, 0) is 30.9 Å². The summed E-state index contributed by atoms with van der Waals surface area (Å²) in [6, 6.07) is 6.67. The number of hydrogen-bond donors (Lipinski definition) is 0. The lowest BCUT2D eigenvalue weighted by Crippen LogP contribution is -2.48. The van der Waals surface area contributed by atoms with E-state index in [1.54, 1.807) is 35.9 Å². The molecule has 3 rings (SSSR count). The Hall–Kier alpha value is -1.69. The van der Waals surface area contributed by atoms with Crippen molar-refractivity contribution in [2.24, 2.45) is 5.92 Å². The van der Waals surface area contributed by atoms with Gasteiger partial charge in [-0.2, -0.15) is 0 Å². The summed E-state index contributed by atoms with van der Waals surface area (Å²) in [5, 5.41) is 0.0295. The van der Waals surface area contributed by atoms with Gasteiger partial charge in [-0.3, -0.25) is 4.79 Å². The summed E-state index contributed by atoms with van der Waals surface area (Å²) in [5.74, 6) is 1.08. The van der Waals surface area contributed by atoms with Crippen LogP contribution in [0.25, 0.3) is 0 Å². The summed E-state index contributed by atoms with van der Waals surface area (Å²) in [5.41, 5.74) is 0.502. The molecule has 6 heteroatoms. The number of methoxy groups -OCH3 is 2. The Morgan fingerprint density at radius 1 is 1.12 bits per heavy atom. The van der Waals surface area contributed by atoms with E-state index >= 15 is 0 Å². The molecule has 2 aliphatic rings. The Morgan fingerprint density at radius 2 is 1.84 bits per heavy atom. The van der Waals surface area contributed by atoms with Crippen molar-refractivity contribution in [3.63, 3.8) is 0 Å². The van der Waals surface area contributed by atoms with Crippen LogP contribution in [0.4, 0.5) is 0 Å². The molecule has 5 nitrogen and oxygen atoms in total. The minimum atomic E-state index is -0.528. The van der Waals surface area contributed by atoms with Crippen molar-refractivity contribution in [1.29, 1.82) is 0 Å². The summed E-state index contributed by atoms with van der Waals surface area (Å²) >= 11 is 1.71. The van der Waals surface area contributed by atoms with Gasteiger partial charge in [-0.25, -0.2) is 4.79 Å². The van der Waals surface area contributed by atoms with Gasteiger partial charge in [0.05, 0.1) is 25.2 Å². The number of esters is 1. The monoisotopic (exact) mass is 363 g/mol. The summed E-state index contributed by atoms with van der Waals surface area (Å²) in [6.45, 7) is 0. The van der Waals surface area contributed by atoms with Gasteiger partial charge in [0.1, 0.15) is 11.8 Å². The molecule has 0 spiro atoms. The van der Waals surface area contributed by atoms with Gasteiger partial charge in [0.25, 0.3) is 5.91 Å². The summed E-state index contributed by atoms with van der Waals surface area (Å²) in [4.78, 5) is 27.4. The van der Waals surface area contributed by atoms with E-state index < -0.39 is 6.04 Å². The number of amides is 1. The zero-order chi connectivity index (χ0) is 17.8. The maximum absolute atomic E-state index is 13.3. The largest absolute Gasteiger partial charge is 0.496 e. The van der Waals surface area contributed by atoms with Crippen molar-refractivity contribution in [1.82, 2.24) is 4.90 Å². The SMILES string of the molecule is COC(=O)C1CSC(C2CCCCC2)N1C(=O)c1ccccc1OC. The Morgan fingerprint density at radius 3 is 2.52 bits per heavy atom. The van der Waals surface area contributed by atoms with Gasteiger partial charge in [-0.15, -0.1) is 11.8 Å². The molecule has 0 N–H and O–H groups in total. The first-order valence-electron chi connectivity index (χ1n) is 8.82. The molecule has 0 bridgehead atoms. The van der Waals surface area contributed by atoms with Crippen molar-refractivity contribution in [2.45, 2.75) is 43.5 Å². The predicted octanol–water partition coefficient (Wildman–Crippen LogP) is 3.33. The zero-order valence-electron chi connectivity index (χ0n) is 14.8. The molecular weight excluding hydrogens is 338 g/mol. The summed E-state index contributed by atoms with van der Waals surface area (Å²) in [7, 11) is 2.94. The number of benzene rings is 1. The third-order valence-corrected chi connectivity index (χ3v) is 6.59. The molecular formula is C19H25NO4S. The van der Waals surface area contributed by atoms with Crippen LogP contribution in [0.15, 0.2) is 24.3 Å². The lowest BCUT2D eigenvalue weighted by Gasteiger charge is -2.35. The van der Waals surface area contributed by atoms with Crippen LogP contribution < -0.4 is 4.74 Å². The maximum Gasteiger partial charge on any atom is 0.329 e. The van der Waals surface area contributed by atoms with Crippen LogP contribution in [0.5, 0.6) is 5.75 Å². The molecule has 0 aromatic heterocycles. The van der Waals surface area contributed by atoms with E-state index in [-0.39, 0.29) is 17.3 Å². The first-order valence-corrected chi connectivity index (χ1v) is 9.87. The van der Waals surface area contributed by atoms with Crippen LogP contribution in [0.3, 0.4) is 0 Å². The van der Waals surface area contributed by atoms with Crippen LogP contribution in [-0.4, -0.2) is 48.2 Å². The molecule has 25 heavy (non-hydrogen) atoms. The van der Waals surface area contributed by atoms with Gasteiger partial charge >= 0.3 is 5.97 Å². The Labute approximate surface area is 153 Å². The molecule has 1 amide bonds. The molecule has 1 saturated heterocycles. The second-order valence-corrected chi connectivity index (χ2v) is 7.72. The second kappa shape index (κ2) is 8.13. The van der Waals surface area contributed by atoms with E-state index in [9.17, 15) is 9.59 Å². The molecule has 2 fully saturated rings. The molecule has 0 radical (unpaired) electrons. The molecule has 136 valence electrons. The molecule has 1 heterocycles. The van der Waals surface area contributed by atoms with Crippen molar-refractivity contribution in [2.75, 3.05) is 20.0 Å².